The van der Waals surface area contributed by atoms with Gasteiger partial charge in [0.05, 0.1) is 22.3 Å². The van der Waals surface area contributed by atoms with Gasteiger partial charge in [0.15, 0.2) is 21.9 Å². The highest BCUT2D eigenvalue weighted by atomic mass is 32.2. The van der Waals surface area contributed by atoms with Crippen LogP contribution in [0.4, 0.5) is 0 Å². The number of hydrogen-bond acceptors (Lipinski definition) is 12. The van der Waals surface area contributed by atoms with Crippen LogP contribution >= 0.6 is 0 Å². The summed E-state index contributed by atoms with van der Waals surface area (Å²) >= 11 is 0. The number of ether oxygens (including phenoxy) is 3. The highest BCUT2D eigenvalue weighted by Gasteiger charge is 2.18. The Morgan fingerprint density at radius 3 is 0.895 bits per heavy atom. The van der Waals surface area contributed by atoms with Crippen LogP contribution in [0.2, 0.25) is 0 Å². The van der Waals surface area contributed by atoms with E-state index < -0.39 is 56.2 Å². The van der Waals surface area contributed by atoms with Crippen LogP contribution in [0.1, 0.15) is 217 Å². The summed E-state index contributed by atoms with van der Waals surface area (Å²) in [5, 5.41) is 41.7. The fourth-order valence-corrected chi connectivity index (χ4v) is 9.54. The maximum absolute atomic E-state index is 11.3. The van der Waals surface area contributed by atoms with Gasteiger partial charge in [-0.1, -0.05) is 409 Å². The molecule has 9 aromatic rings. The van der Waals surface area contributed by atoms with Crippen molar-refractivity contribution in [3.8, 4) is 0 Å². The average Bonchev–Trinajstić information content (AvgIpc) is 0.850. The highest BCUT2D eigenvalue weighted by Crippen LogP contribution is 2.11. The first-order valence-corrected chi connectivity index (χ1v) is 45.8. The van der Waals surface area contributed by atoms with Gasteiger partial charge in [0.1, 0.15) is 5.75 Å². The van der Waals surface area contributed by atoms with Gasteiger partial charge in [0.25, 0.3) is 0 Å². The number of carboxylic acids is 5. The molecule has 0 fully saturated rings. The van der Waals surface area contributed by atoms with Crippen LogP contribution < -0.4 is 0 Å². The van der Waals surface area contributed by atoms with Crippen LogP contribution in [0.25, 0.3) is 12.2 Å². The molecule has 0 aliphatic carbocycles. The molecule has 9 aromatic carbocycles. The zero-order valence-electron chi connectivity index (χ0n) is 79.7. The quantitative estimate of drug-likeness (QED) is 0.0163. The van der Waals surface area contributed by atoms with Crippen LogP contribution in [-0.2, 0) is 82.9 Å². The number of esters is 1. The van der Waals surface area contributed by atoms with Crippen LogP contribution in [0.3, 0.4) is 0 Å². The van der Waals surface area contributed by atoms with Gasteiger partial charge < -0.3 is 39.7 Å². The summed E-state index contributed by atoms with van der Waals surface area (Å²) in [6.07, 6.45) is 12.9. The summed E-state index contributed by atoms with van der Waals surface area (Å²) in [5.74, 6) is -6.11. The third kappa shape index (κ3) is 103. The minimum absolute atomic E-state index is 0.0393. The van der Waals surface area contributed by atoms with Crippen molar-refractivity contribution in [3.05, 3.63) is 349 Å². The Labute approximate surface area is 753 Å². The van der Waals surface area contributed by atoms with E-state index >= 15 is 0 Å². The van der Waals surface area contributed by atoms with Crippen molar-refractivity contribution in [1.29, 1.82) is 0 Å². The van der Waals surface area contributed by atoms with Gasteiger partial charge in [-0.25, -0.2) is 13.2 Å². The molecule has 0 saturated carbocycles. The standard InChI is InChI=1S/C11H14O2.2C9H10O2.C9H8O2.C9H10.C8H8O4S.C8H8O3S.C7H14O2.2C7H8.C3H6.9C2H6/c1-2-13-11(12)9-8-10-6-4-3-5-7-10;3*10-9(11)7-6-8-4-2-1-3-5-8;1-2-6-9-7-4-3-5-8-9;9-8(10)6-13(11,12)7-4-2-1-3-5-7;9-8(10)6-12(11)7-4-2-1-3-5-7;1-4-7(8-5-2)9-6-3;2*1-7-5-3-2-4-6-7;1-3-2;9*1-2/h3-7H,2,8-9H2,1H3;2*1-5H,6-7H2,(H,10,11);1-7H,(H,10,11);2-8H,1H3;1-5H,6H2,(H,9,10);1-5H,6H2,(H,9,10);4,7H,1,5-6H2,2-3H3;2*2-6H,1H3;3H,1H2,2H3;9*1-2H3/b;;;7-6+;6-2+;;;;;;;;;;;;;;;. The van der Waals surface area contributed by atoms with E-state index in [0.29, 0.717) is 44.0 Å². The molecule has 17 nitrogen and oxygen atoms in total. The molecule has 0 saturated heterocycles. The van der Waals surface area contributed by atoms with Crippen molar-refractivity contribution in [2.24, 2.45) is 0 Å². The van der Waals surface area contributed by atoms with E-state index in [1.807, 2.05) is 341 Å². The first-order chi connectivity index (χ1) is 59.9. The maximum atomic E-state index is 11.3. The van der Waals surface area contributed by atoms with E-state index in [4.69, 9.17) is 39.7 Å². The molecule has 0 aliphatic rings. The molecule has 9 rings (SSSR count). The molecule has 124 heavy (non-hydrogen) atoms. The predicted molar refractivity (Wildman–Crippen MR) is 530 cm³/mol. The van der Waals surface area contributed by atoms with Gasteiger partial charge in [-0.3, -0.25) is 28.2 Å². The molecule has 1 atom stereocenters. The molecule has 0 radical (unpaired) electrons. The number of sulfone groups is 1. The zero-order chi connectivity index (χ0) is 97.3. The molecule has 1 unspecified atom stereocenters. The summed E-state index contributed by atoms with van der Waals surface area (Å²) in [4.78, 5) is 62.4. The van der Waals surface area contributed by atoms with E-state index in [9.17, 15) is 41.4 Å². The molecular formula is C105H158O17S2. The molecule has 5 N–H and O–H groups in total. The SMILES string of the molecule is C/C=C/c1ccccc1.C=CC.C=CC(OCC)OCC.CC.CC.CC.CC.CC.CC.CC.CC.CC.CCOC(=O)CCc1ccccc1.Cc1ccccc1.Cc1ccccc1.O=C(O)/C=C/c1ccccc1.O=C(O)CCc1ccccc1.O=C(O)CCc1ccccc1.O=C(O)CS(=O)(=O)c1ccccc1.O=C(O)CS(=O)c1ccccc1. The van der Waals surface area contributed by atoms with Gasteiger partial charge in [-0.2, -0.15) is 0 Å². The van der Waals surface area contributed by atoms with E-state index in [0.717, 1.165) is 29.2 Å². The summed E-state index contributed by atoms with van der Waals surface area (Å²) in [7, 11) is -5.07. The molecule has 0 spiro atoms. The van der Waals surface area contributed by atoms with Crippen molar-refractivity contribution >= 4 is 68.6 Å². The summed E-state index contributed by atoms with van der Waals surface area (Å²) in [6, 6.07) is 85.3. The number of allylic oxidation sites excluding steroid dienone is 2. The molecule has 0 heterocycles. The van der Waals surface area contributed by atoms with Crippen molar-refractivity contribution in [3.63, 3.8) is 0 Å². The second-order valence-electron chi connectivity index (χ2n) is 21.4. The molecule has 0 amide bonds. The van der Waals surface area contributed by atoms with E-state index in [-0.39, 0.29) is 35.7 Å². The van der Waals surface area contributed by atoms with Gasteiger partial charge in [-0.05, 0) is 132 Å². The van der Waals surface area contributed by atoms with Crippen LogP contribution in [0, 0.1) is 13.8 Å². The van der Waals surface area contributed by atoms with E-state index in [2.05, 4.69) is 69.5 Å². The average molecular weight is 1760 g/mol. The lowest BCUT2D eigenvalue weighted by Gasteiger charge is -2.10. The Morgan fingerprint density at radius 2 is 0.653 bits per heavy atom. The number of carbonyl (C=O) groups excluding carboxylic acids is 1. The first kappa shape index (κ1) is 136. The smallest absolute Gasteiger partial charge is 0.328 e. The summed E-state index contributed by atoms with van der Waals surface area (Å²) in [5.41, 5.74) is 8.14. The van der Waals surface area contributed by atoms with Crippen molar-refractivity contribution < 1.29 is 81.1 Å². The lowest BCUT2D eigenvalue weighted by atomic mass is 10.1. The number of carbonyl (C=O) groups is 6. The number of aryl methyl sites for hydroxylation is 5. The minimum atomic E-state index is -3.66. The van der Waals surface area contributed by atoms with Crippen LogP contribution in [0.15, 0.2) is 320 Å². The Morgan fingerprint density at radius 1 is 0.379 bits per heavy atom. The van der Waals surface area contributed by atoms with Crippen molar-refractivity contribution in [2.75, 3.05) is 31.3 Å². The van der Waals surface area contributed by atoms with Crippen LogP contribution in [-0.4, -0.2) is 112 Å². The maximum Gasteiger partial charge on any atom is 0.328 e. The van der Waals surface area contributed by atoms with Gasteiger partial charge >= 0.3 is 35.8 Å². The Bertz CT molecular complexity index is 3810. The third-order valence-corrected chi connectivity index (χ3v) is 15.4. The number of aliphatic carboxylic acids is 5. The molecule has 0 aromatic heterocycles. The monoisotopic (exact) mass is 1760 g/mol. The molecule has 0 aliphatic heterocycles. The molecule has 0 bridgehead atoms. The fourth-order valence-electron chi connectivity index (χ4n) is 7.63. The second kappa shape index (κ2) is 112. The zero-order valence-corrected chi connectivity index (χ0v) is 81.3. The molecule has 692 valence electrons. The largest absolute Gasteiger partial charge is 0.481 e. The first-order valence-electron chi connectivity index (χ1n) is 42.9. The van der Waals surface area contributed by atoms with Gasteiger partial charge in [-0.15, -0.1) is 6.58 Å². The third-order valence-electron chi connectivity index (χ3n) is 12.5. The fraction of sp³-hybridized carbons (Fsp3) is 0.352. The number of benzene rings is 9. The Balaban J connectivity index is -0.000000124. The van der Waals surface area contributed by atoms with Crippen molar-refractivity contribution in [1.82, 2.24) is 0 Å². The normalized spacial score (nSPS) is 8.95. The summed E-state index contributed by atoms with van der Waals surface area (Å²) in [6.45, 7) is 58.5. The van der Waals surface area contributed by atoms with E-state index in [1.165, 1.54) is 34.4 Å². The predicted octanol–water partition coefficient (Wildman–Crippen LogP) is 27.5. The number of hydrogen-bond donors (Lipinski definition) is 5. The number of rotatable bonds is 24. The lowest BCUT2D eigenvalue weighted by molar-refractivity contribution is -0.143. The molecular weight excluding hydrogens is 1600 g/mol. The summed E-state index contributed by atoms with van der Waals surface area (Å²) < 4.78 is 48.7. The Hall–Kier alpha value is -11.2. The molecule has 19 heteroatoms. The Kier molecular flexibility index (Phi) is 123. The number of carboxylic acid groups (broad SMARTS) is 5. The van der Waals surface area contributed by atoms with Crippen molar-refractivity contribution in [2.45, 2.75) is 228 Å². The second-order valence-corrected chi connectivity index (χ2v) is 24.9. The highest BCUT2D eigenvalue weighted by molar-refractivity contribution is 7.92. The topological polar surface area (TPSA) is 282 Å². The lowest BCUT2D eigenvalue weighted by Crippen LogP contribution is -2.15. The van der Waals surface area contributed by atoms with Gasteiger partial charge in [0.2, 0.25) is 0 Å². The van der Waals surface area contributed by atoms with Gasteiger partial charge in [0, 0.05) is 43.4 Å². The van der Waals surface area contributed by atoms with E-state index in [1.54, 1.807) is 66.8 Å². The minimum Gasteiger partial charge on any atom is -0.481 e. The van der Waals surface area contributed by atoms with Crippen LogP contribution in [0.5, 0.6) is 0 Å².